The molecular weight excluding hydrogens is 406 g/mol. The van der Waals surface area contributed by atoms with Crippen LogP contribution in [0.5, 0.6) is 0 Å². The summed E-state index contributed by atoms with van der Waals surface area (Å²) in [5, 5.41) is 5.46. The fourth-order valence-electron chi connectivity index (χ4n) is 2.60. The number of sulfonamides is 1. The lowest BCUT2D eigenvalue weighted by Gasteiger charge is -2.12. The Balaban J connectivity index is 1.86. The van der Waals surface area contributed by atoms with Crippen molar-refractivity contribution >= 4 is 27.5 Å². The molecule has 0 atom stereocenters. The van der Waals surface area contributed by atoms with Crippen LogP contribution in [0.15, 0.2) is 59.5 Å². The molecular formula is C21H27N3O5S. The fourth-order valence-corrected chi connectivity index (χ4v) is 3.65. The second kappa shape index (κ2) is 12.1. The highest BCUT2D eigenvalue weighted by atomic mass is 32.2. The Hall–Kier alpha value is -2.75. The molecule has 162 valence electrons. The molecule has 0 bridgehead atoms. The van der Waals surface area contributed by atoms with Gasteiger partial charge in [0, 0.05) is 32.7 Å². The summed E-state index contributed by atoms with van der Waals surface area (Å²) >= 11 is 0. The summed E-state index contributed by atoms with van der Waals surface area (Å²) in [6.07, 6.45) is 0.617. The summed E-state index contributed by atoms with van der Waals surface area (Å²) in [5.74, 6) is -0.700. The summed E-state index contributed by atoms with van der Waals surface area (Å²) in [4.78, 5) is 24.8. The first kappa shape index (κ1) is 23.5. The molecule has 0 unspecified atom stereocenters. The highest BCUT2D eigenvalue weighted by molar-refractivity contribution is 7.89. The quantitative estimate of drug-likeness (QED) is 0.444. The lowest BCUT2D eigenvalue weighted by atomic mass is 10.1. The Morgan fingerprint density at radius 3 is 2.40 bits per heavy atom. The van der Waals surface area contributed by atoms with Gasteiger partial charge >= 0.3 is 0 Å². The monoisotopic (exact) mass is 433 g/mol. The van der Waals surface area contributed by atoms with Crippen molar-refractivity contribution < 1.29 is 22.7 Å². The minimum atomic E-state index is -3.67. The molecule has 0 fully saturated rings. The number of amides is 2. The van der Waals surface area contributed by atoms with E-state index in [2.05, 4.69) is 15.4 Å². The van der Waals surface area contributed by atoms with E-state index < -0.39 is 15.9 Å². The first-order valence-electron chi connectivity index (χ1n) is 9.73. The SMILES string of the molecule is CCOCCCNC(=O)c1ccccc1NC(=O)CCNS(=O)(=O)c1ccccc1. The van der Waals surface area contributed by atoms with Crippen molar-refractivity contribution in [2.45, 2.75) is 24.7 Å². The Morgan fingerprint density at radius 1 is 0.967 bits per heavy atom. The highest BCUT2D eigenvalue weighted by Crippen LogP contribution is 2.15. The number of carbonyl (C=O) groups excluding carboxylic acids is 2. The van der Waals surface area contributed by atoms with Gasteiger partial charge in [-0.15, -0.1) is 0 Å². The third kappa shape index (κ3) is 7.58. The Morgan fingerprint density at radius 2 is 1.67 bits per heavy atom. The van der Waals surface area contributed by atoms with Gasteiger partial charge in [0.15, 0.2) is 0 Å². The molecule has 0 heterocycles. The van der Waals surface area contributed by atoms with E-state index in [0.29, 0.717) is 37.4 Å². The molecule has 0 radical (unpaired) electrons. The van der Waals surface area contributed by atoms with E-state index in [0.717, 1.165) is 0 Å². The zero-order valence-electron chi connectivity index (χ0n) is 16.9. The van der Waals surface area contributed by atoms with Gasteiger partial charge in [0.05, 0.1) is 16.1 Å². The molecule has 0 aliphatic carbocycles. The van der Waals surface area contributed by atoms with Crippen LogP contribution >= 0.6 is 0 Å². The van der Waals surface area contributed by atoms with Crippen molar-refractivity contribution in [3.05, 3.63) is 60.2 Å². The van der Waals surface area contributed by atoms with Crippen LogP contribution in [0.1, 0.15) is 30.1 Å². The normalized spacial score (nSPS) is 11.1. The number of rotatable bonds is 12. The number of hydrogen-bond acceptors (Lipinski definition) is 5. The van der Waals surface area contributed by atoms with Crippen LogP contribution in [0.3, 0.4) is 0 Å². The maximum Gasteiger partial charge on any atom is 0.253 e. The summed E-state index contributed by atoms with van der Waals surface area (Å²) in [6.45, 7) is 3.50. The maximum atomic E-state index is 12.4. The van der Waals surface area contributed by atoms with E-state index >= 15 is 0 Å². The zero-order chi connectivity index (χ0) is 21.8. The van der Waals surface area contributed by atoms with Crippen LogP contribution in [0.2, 0.25) is 0 Å². The standard InChI is InChI=1S/C21H27N3O5S/c1-2-29-16-8-14-22-21(26)18-11-6-7-12-19(18)24-20(25)13-15-23-30(27,28)17-9-4-3-5-10-17/h3-7,9-12,23H,2,8,13-16H2,1H3,(H,22,26)(H,24,25). The molecule has 2 aromatic rings. The largest absolute Gasteiger partial charge is 0.382 e. The van der Waals surface area contributed by atoms with Gasteiger partial charge in [-0.3, -0.25) is 9.59 Å². The van der Waals surface area contributed by atoms with Crippen molar-refractivity contribution in [1.82, 2.24) is 10.0 Å². The number of ether oxygens (including phenoxy) is 1. The number of para-hydroxylation sites is 1. The first-order valence-corrected chi connectivity index (χ1v) is 11.2. The van der Waals surface area contributed by atoms with Crippen molar-refractivity contribution in [3.63, 3.8) is 0 Å². The van der Waals surface area contributed by atoms with Gasteiger partial charge < -0.3 is 15.4 Å². The molecule has 9 heteroatoms. The molecule has 2 amide bonds. The van der Waals surface area contributed by atoms with Gasteiger partial charge in [0.2, 0.25) is 15.9 Å². The second-order valence-electron chi connectivity index (χ2n) is 6.36. The van der Waals surface area contributed by atoms with Crippen molar-refractivity contribution in [1.29, 1.82) is 0 Å². The summed E-state index contributed by atoms with van der Waals surface area (Å²) < 4.78 is 32.0. The maximum absolute atomic E-state index is 12.4. The third-order valence-corrected chi connectivity index (χ3v) is 5.58. The molecule has 2 aromatic carbocycles. The van der Waals surface area contributed by atoms with Gasteiger partial charge in [0.25, 0.3) is 5.91 Å². The number of hydrogen-bond donors (Lipinski definition) is 3. The zero-order valence-corrected chi connectivity index (χ0v) is 17.7. The van der Waals surface area contributed by atoms with E-state index in [4.69, 9.17) is 4.74 Å². The Labute approximate surface area is 177 Å². The van der Waals surface area contributed by atoms with E-state index in [-0.39, 0.29) is 23.8 Å². The van der Waals surface area contributed by atoms with Crippen molar-refractivity contribution in [2.75, 3.05) is 31.6 Å². The molecule has 0 saturated carbocycles. The van der Waals surface area contributed by atoms with Crippen LogP contribution in [-0.4, -0.2) is 46.5 Å². The van der Waals surface area contributed by atoms with E-state index in [1.54, 1.807) is 42.5 Å². The predicted octanol–water partition coefficient (Wildman–Crippen LogP) is 2.15. The fraction of sp³-hybridized carbons (Fsp3) is 0.333. The van der Waals surface area contributed by atoms with Gasteiger partial charge in [-0.1, -0.05) is 30.3 Å². The average Bonchev–Trinajstić information content (AvgIpc) is 2.74. The molecule has 0 spiro atoms. The van der Waals surface area contributed by atoms with Gasteiger partial charge in [-0.25, -0.2) is 13.1 Å². The second-order valence-corrected chi connectivity index (χ2v) is 8.13. The molecule has 3 N–H and O–H groups in total. The molecule has 8 nitrogen and oxygen atoms in total. The average molecular weight is 434 g/mol. The smallest absolute Gasteiger partial charge is 0.253 e. The molecule has 30 heavy (non-hydrogen) atoms. The molecule has 0 aromatic heterocycles. The van der Waals surface area contributed by atoms with E-state index in [1.807, 2.05) is 6.92 Å². The molecule has 0 saturated heterocycles. The first-order chi connectivity index (χ1) is 14.4. The van der Waals surface area contributed by atoms with E-state index in [9.17, 15) is 18.0 Å². The van der Waals surface area contributed by atoms with Gasteiger partial charge in [-0.05, 0) is 37.6 Å². The molecule has 0 aliphatic rings. The number of carbonyl (C=O) groups is 2. The lowest BCUT2D eigenvalue weighted by Crippen LogP contribution is -2.29. The minimum absolute atomic E-state index is 0.0607. The van der Waals surface area contributed by atoms with Gasteiger partial charge in [-0.2, -0.15) is 0 Å². The summed E-state index contributed by atoms with van der Waals surface area (Å²) in [5.41, 5.74) is 0.711. The number of nitrogens with one attached hydrogen (secondary N) is 3. The van der Waals surface area contributed by atoms with Crippen LogP contribution in [0.25, 0.3) is 0 Å². The van der Waals surface area contributed by atoms with Crippen LogP contribution in [0, 0.1) is 0 Å². The summed E-state index contributed by atoms with van der Waals surface area (Å²) in [7, 11) is -3.67. The summed E-state index contributed by atoms with van der Waals surface area (Å²) in [6, 6.07) is 14.6. The Bertz CT molecular complexity index is 933. The van der Waals surface area contributed by atoms with Crippen LogP contribution in [-0.2, 0) is 19.6 Å². The highest BCUT2D eigenvalue weighted by Gasteiger charge is 2.15. The molecule has 0 aliphatic heterocycles. The predicted molar refractivity (Wildman–Crippen MR) is 115 cm³/mol. The van der Waals surface area contributed by atoms with Crippen molar-refractivity contribution in [3.8, 4) is 0 Å². The van der Waals surface area contributed by atoms with Crippen molar-refractivity contribution in [2.24, 2.45) is 0 Å². The number of anilines is 1. The molecule has 2 rings (SSSR count). The van der Waals surface area contributed by atoms with Crippen LogP contribution in [0.4, 0.5) is 5.69 Å². The topological polar surface area (TPSA) is 114 Å². The Kier molecular flexibility index (Phi) is 9.46. The minimum Gasteiger partial charge on any atom is -0.382 e. The van der Waals surface area contributed by atoms with E-state index in [1.165, 1.54) is 12.1 Å². The van der Waals surface area contributed by atoms with Gasteiger partial charge in [0.1, 0.15) is 0 Å². The lowest BCUT2D eigenvalue weighted by molar-refractivity contribution is -0.116. The number of benzene rings is 2. The van der Waals surface area contributed by atoms with Crippen LogP contribution < -0.4 is 15.4 Å². The third-order valence-electron chi connectivity index (χ3n) is 4.10.